The van der Waals surface area contributed by atoms with Crippen molar-refractivity contribution in [2.24, 2.45) is 0 Å². The van der Waals surface area contributed by atoms with Crippen molar-refractivity contribution in [3.05, 3.63) is 58.9 Å². The summed E-state index contributed by atoms with van der Waals surface area (Å²) in [6, 6.07) is 7.22. The molecule has 0 aromatic heterocycles. The minimum Gasteiger partial charge on any atom is -0.366 e. The molecule has 1 aliphatic carbocycles. The van der Waals surface area contributed by atoms with Gasteiger partial charge < -0.3 is 9.69 Å². The van der Waals surface area contributed by atoms with Gasteiger partial charge in [0.2, 0.25) is 10.0 Å². The molecular formula is C22H22F4N2O3S. The van der Waals surface area contributed by atoms with E-state index in [1.54, 1.807) is 30.0 Å². The van der Waals surface area contributed by atoms with Crippen LogP contribution in [-0.2, 0) is 27.4 Å². The highest BCUT2D eigenvalue weighted by Crippen LogP contribution is 2.36. The van der Waals surface area contributed by atoms with Gasteiger partial charge in [0.05, 0.1) is 10.5 Å². The third kappa shape index (κ3) is 4.01. The lowest BCUT2D eigenvalue weighted by Gasteiger charge is -2.40. The number of piperazine rings is 1. The van der Waals surface area contributed by atoms with Crippen LogP contribution >= 0.6 is 0 Å². The number of hydrogen-bond donors (Lipinski definition) is 0. The molecule has 2 aromatic rings. The molecule has 4 rings (SSSR count). The van der Waals surface area contributed by atoms with Crippen LogP contribution in [0.15, 0.2) is 41.3 Å². The number of aryl methyl sites for hydroxylation is 1. The van der Waals surface area contributed by atoms with Crippen LogP contribution < -0.4 is 4.90 Å². The summed E-state index contributed by atoms with van der Waals surface area (Å²) < 4.78 is 80.2. The standard InChI is InChI=1S/C22H22F4N2O3S/c1-14-12-27(8-9-28(14)17-5-7-20(21(23)10-17)22(24,25)26)32(30,31)18-6-4-15-2-3-16(13-29)19(15)11-18/h4-7,10-11,13-14,16H,2-3,8-9,12H2,1H3/t14-,16?/m0/s1. The summed E-state index contributed by atoms with van der Waals surface area (Å²) in [7, 11) is -3.82. The zero-order valence-corrected chi connectivity index (χ0v) is 18.1. The predicted octanol–water partition coefficient (Wildman–Crippen LogP) is 3.97. The van der Waals surface area contributed by atoms with E-state index in [0.717, 1.165) is 29.9 Å². The second-order valence-electron chi connectivity index (χ2n) is 8.21. The Labute approximate surface area is 183 Å². The van der Waals surface area contributed by atoms with Crippen molar-refractivity contribution >= 4 is 22.0 Å². The minimum absolute atomic E-state index is 0.0964. The van der Waals surface area contributed by atoms with Crippen molar-refractivity contribution in [2.75, 3.05) is 24.5 Å². The number of sulfonamides is 1. The highest BCUT2D eigenvalue weighted by Gasteiger charge is 2.36. The molecule has 32 heavy (non-hydrogen) atoms. The summed E-state index contributed by atoms with van der Waals surface area (Å²) in [5.41, 5.74) is 0.656. The van der Waals surface area contributed by atoms with Gasteiger partial charge in [0.1, 0.15) is 12.1 Å². The molecule has 1 saturated heterocycles. The molecule has 2 aromatic carbocycles. The number of fused-ring (bicyclic) bond motifs is 1. The maximum atomic E-state index is 14.0. The number of alkyl halides is 3. The Balaban J connectivity index is 1.54. The van der Waals surface area contributed by atoms with Crippen LogP contribution in [-0.4, -0.2) is 44.7 Å². The van der Waals surface area contributed by atoms with Crippen LogP contribution in [0.4, 0.5) is 23.2 Å². The summed E-state index contributed by atoms with van der Waals surface area (Å²) in [6.45, 7) is 2.14. The molecule has 0 N–H and O–H groups in total. The lowest BCUT2D eigenvalue weighted by molar-refractivity contribution is -0.140. The molecule has 1 aliphatic heterocycles. The summed E-state index contributed by atoms with van der Waals surface area (Å²) in [6.07, 6.45) is -2.54. The SMILES string of the molecule is C[C@H]1CN(S(=O)(=O)c2ccc3c(c2)C(C=O)CC3)CCN1c1ccc(C(F)(F)F)c(F)c1. The Kier molecular flexibility index (Phi) is 5.79. The van der Waals surface area contributed by atoms with Gasteiger partial charge >= 0.3 is 6.18 Å². The molecule has 2 atom stereocenters. The highest BCUT2D eigenvalue weighted by atomic mass is 32.2. The van der Waals surface area contributed by atoms with Crippen molar-refractivity contribution in [3.63, 3.8) is 0 Å². The van der Waals surface area contributed by atoms with E-state index in [-0.39, 0.29) is 42.2 Å². The average Bonchev–Trinajstić information content (AvgIpc) is 3.15. The Morgan fingerprint density at radius 1 is 1.09 bits per heavy atom. The molecule has 1 unspecified atom stereocenters. The fourth-order valence-corrected chi connectivity index (χ4v) is 6.05. The van der Waals surface area contributed by atoms with Crippen molar-refractivity contribution < 1.29 is 30.8 Å². The van der Waals surface area contributed by atoms with Crippen molar-refractivity contribution in [2.45, 2.75) is 42.8 Å². The van der Waals surface area contributed by atoms with Gasteiger partial charge in [-0.3, -0.25) is 0 Å². The van der Waals surface area contributed by atoms with E-state index < -0.39 is 27.6 Å². The van der Waals surface area contributed by atoms with E-state index in [1.165, 1.54) is 10.4 Å². The van der Waals surface area contributed by atoms with E-state index >= 15 is 0 Å². The van der Waals surface area contributed by atoms with E-state index in [0.29, 0.717) is 12.5 Å². The minimum atomic E-state index is -4.78. The van der Waals surface area contributed by atoms with Crippen molar-refractivity contribution in [3.8, 4) is 0 Å². The topological polar surface area (TPSA) is 57.7 Å². The Bertz CT molecular complexity index is 1150. The average molecular weight is 470 g/mol. The Morgan fingerprint density at radius 3 is 2.47 bits per heavy atom. The predicted molar refractivity (Wildman–Crippen MR) is 111 cm³/mol. The zero-order chi connectivity index (χ0) is 23.3. The molecule has 1 heterocycles. The third-order valence-electron chi connectivity index (χ3n) is 6.22. The normalized spacial score (nSPS) is 22.1. The largest absolute Gasteiger partial charge is 0.419 e. The molecule has 0 amide bonds. The Hall–Kier alpha value is -2.46. The fourth-order valence-electron chi connectivity index (χ4n) is 4.50. The van der Waals surface area contributed by atoms with Crippen LogP contribution in [0, 0.1) is 5.82 Å². The van der Waals surface area contributed by atoms with Crippen LogP contribution in [0.1, 0.15) is 36.0 Å². The lowest BCUT2D eigenvalue weighted by atomic mass is 10.0. The van der Waals surface area contributed by atoms with Gasteiger partial charge in [0.25, 0.3) is 0 Å². The number of benzene rings is 2. The van der Waals surface area contributed by atoms with Gasteiger partial charge in [-0.2, -0.15) is 17.5 Å². The molecule has 5 nitrogen and oxygen atoms in total. The first-order valence-corrected chi connectivity index (χ1v) is 11.7. The number of aldehydes is 1. The smallest absolute Gasteiger partial charge is 0.366 e. The van der Waals surface area contributed by atoms with E-state index in [1.807, 2.05) is 0 Å². The first-order chi connectivity index (χ1) is 15.0. The number of carbonyl (C=O) groups is 1. The number of anilines is 1. The summed E-state index contributed by atoms with van der Waals surface area (Å²) in [5.74, 6) is -1.66. The molecule has 0 bridgehead atoms. The first-order valence-electron chi connectivity index (χ1n) is 10.2. The third-order valence-corrected chi connectivity index (χ3v) is 8.08. The number of halogens is 4. The Morgan fingerprint density at radius 2 is 1.84 bits per heavy atom. The summed E-state index contributed by atoms with van der Waals surface area (Å²) in [5, 5.41) is 0. The van der Waals surface area contributed by atoms with Crippen LogP contribution in [0.3, 0.4) is 0 Å². The van der Waals surface area contributed by atoms with E-state index in [9.17, 15) is 30.8 Å². The number of rotatable bonds is 4. The summed E-state index contributed by atoms with van der Waals surface area (Å²) in [4.78, 5) is 13.1. The highest BCUT2D eigenvalue weighted by molar-refractivity contribution is 7.89. The van der Waals surface area contributed by atoms with Crippen LogP contribution in [0.2, 0.25) is 0 Å². The summed E-state index contributed by atoms with van der Waals surface area (Å²) >= 11 is 0. The van der Waals surface area contributed by atoms with Gasteiger partial charge in [-0.25, -0.2) is 12.8 Å². The molecule has 0 spiro atoms. The van der Waals surface area contributed by atoms with Gasteiger partial charge in [0, 0.05) is 37.3 Å². The zero-order valence-electron chi connectivity index (χ0n) is 17.3. The van der Waals surface area contributed by atoms with Gasteiger partial charge in [0.15, 0.2) is 0 Å². The van der Waals surface area contributed by atoms with Crippen molar-refractivity contribution in [1.29, 1.82) is 0 Å². The molecule has 172 valence electrons. The maximum absolute atomic E-state index is 14.0. The number of hydrogen-bond acceptors (Lipinski definition) is 4. The van der Waals surface area contributed by atoms with E-state index in [4.69, 9.17) is 0 Å². The maximum Gasteiger partial charge on any atom is 0.419 e. The monoisotopic (exact) mass is 470 g/mol. The van der Waals surface area contributed by atoms with Crippen molar-refractivity contribution in [1.82, 2.24) is 4.31 Å². The second kappa shape index (κ2) is 8.15. The first kappa shape index (κ1) is 22.7. The second-order valence-corrected chi connectivity index (χ2v) is 10.1. The quantitative estimate of drug-likeness (QED) is 0.501. The molecular weight excluding hydrogens is 448 g/mol. The van der Waals surface area contributed by atoms with Gasteiger partial charge in [-0.1, -0.05) is 6.07 Å². The molecule has 0 saturated carbocycles. The van der Waals surface area contributed by atoms with Gasteiger partial charge in [-0.15, -0.1) is 0 Å². The van der Waals surface area contributed by atoms with Crippen LogP contribution in [0.25, 0.3) is 0 Å². The molecule has 2 aliphatic rings. The van der Waals surface area contributed by atoms with Crippen LogP contribution in [0.5, 0.6) is 0 Å². The molecule has 1 fully saturated rings. The van der Waals surface area contributed by atoms with E-state index in [2.05, 4.69) is 0 Å². The van der Waals surface area contributed by atoms with Gasteiger partial charge in [-0.05, 0) is 61.2 Å². The lowest BCUT2D eigenvalue weighted by Crippen LogP contribution is -2.53. The molecule has 0 radical (unpaired) electrons. The molecule has 10 heteroatoms. The number of nitrogens with zero attached hydrogens (tertiary/aromatic N) is 2. The number of carbonyl (C=O) groups excluding carboxylic acids is 1. The fraction of sp³-hybridized carbons (Fsp3) is 0.409.